The first-order chi connectivity index (χ1) is 10.4. The Balaban J connectivity index is 1.71. The second-order valence-electron chi connectivity index (χ2n) is 5.32. The molecule has 4 rings (SSSR count). The van der Waals surface area contributed by atoms with Gasteiger partial charge in [-0.3, -0.25) is 4.90 Å². The van der Waals surface area contributed by atoms with Gasteiger partial charge >= 0.3 is 0 Å². The number of nitrogens with zero attached hydrogens (tertiary/aromatic N) is 1. The molecular weight excluding hydrogens is 268 g/mol. The molecule has 3 heterocycles. The number of hydrogen-bond donors (Lipinski definition) is 1. The average molecular weight is 286 g/mol. The first kappa shape index (κ1) is 12.7. The summed E-state index contributed by atoms with van der Waals surface area (Å²) in [5, 5.41) is 3.39. The van der Waals surface area contributed by atoms with E-state index >= 15 is 0 Å². The summed E-state index contributed by atoms with van der Waals surface area (Å²) in [7, 11) is 0. The molecule has 1 aromatic carbocycles. The minimum Gasteiger partial charge on any atom is -0.467 e. The Hall–Kier alpha value is -1.98. The molecule has 1 aromatic heterocycles. The monoisotopic (exact) mass is 286 g/mol. The molecule has 0 amide bonds. The first-order valence-corrected chi connectivity index (χ1v) is 7.29. The summed E-state index contributed by atoms with van der Waals surface area (Å²) >= 11 is 0. The van der Waals surface area contributed by atoms with Gasteiger partial charge in [0.15, 0.2) is 11.5 Å². The van der Waals surface area contributed by atoms with E-state index in [2.05, 4.69) is 22.3 Å². The second-order valence-corrected chi connectivity index (χ2v) is 5.32. The highest BCUT2D eigenvalue weighted by Gasteiger charge is 2.27. The van der Waals surface area contributed by atoms with Crippen LogP contribution in [0.3, 0.4) is 0 Å². The quantitative estimate of drug-likeness (QED) is 0.935. The van der Waals surface area contributed by atoms with Crippen molar-refractivity contribution < 1.29 is 13.9 Å². The molecule has 0 saturated carbocycles. The topological polar surface area (TPSA) is 46.9 Å². The molecule has 2 aromatic rings. The number of fused-ring (bicyclic) bond motifs is 1. The minimum absolute atomic E-state index is 0.122. The Morgan fingerprint density at radius 3 is 2.71 bits per heavy atom. The zero-order valence-corrected chi connectivity index (χ0v) is 11.7. The zero-order valence-electron chi connectivity index (χ0n) is 11.7. The van der Waals surface area contributed by atoms with Gasteiger partial charge in [-0.1, -0.05) is 6.07 Å². The van der Waals surface area contributed by atoms with Gasteiger partial charge in [-0.2, -0.15) is 0 Å². The predicted molar refractivity (Wildman–Crippen MR) is 77.6 cm³/mol. The zero-order chi connectivity index (χ0) is 14.1. The van der Waals surface area contributed by atoms with Gasteiger partial charge in [0.25, 0.3) is 0 Å². The Bertz CT molecular complexity index is 606. The third-order valence-corrected chi connectivity index (χ3v) is 4.04. The molecule has 1 atom stereocenters. The highest BCUT2D eigenvalue weighted by molar-refractivity contribution is 5.46. The Kier molecular flexibility index (Phi) is 3.29. The van der Waals surface area contributed by atoms with E-state index in [0.717, 1.165) is 43.4 Å². The number of benzene rings is 1. The molecule has 5 nitrogen and oxygen atoms in total. The van der Waals surface area contributed by atoms with Crippen molar-refractivity contribution in [3.63, 3.8) is 0 Å². The van der Waals surface area contributed by atoms with Crippen LogP contribution in [0.1, 0.15) is 17.4 Å². The molecule has 1 saturated heterocycles. The van der Waals surface area contributed by atoms with E-state index in [1.165, 1.54) is 5.56 Å². The fourth-order valence-corrected chi connectivity index (χ4v) is 3.03. The van der Waals surface area contributed by atoms with Crippen LogP contribution in [0.25, 0.3) is 0 Å². The minimum atomic E-state index is 0.122. The van der Waals surface area contributed by atoms with Crippen molar-refractivity contribution in [1.29, 1.82) is 0 Å². The summed E-state index contributed by atoms with van der Waals surface area (Å²) in [6.45, 7) is 4.31. The first-order valence-electron chi connectivity index (χ1n) is 7.29. The van der Waals surface area contributed by atoms with Crippen molar-refractivity contribution in [2.75, 3.05) is 33.0 Å². The van der Waals surface area contributed by atoms with Gasteiger partial charge < -0.3 is 19.2 Å². The maximum Gasteiger partial charge on any atom is 0.231 e. The molecule has 0 radical (unpaired) electrons. The van der Waals surface area contributed by atoms with E-state index in [1.54, 1.807) is 6.26 Å². The lowest BCUT2D eigenvalue weighted by Crippen LogP contribution is -2.45. The molecule has 1 unspecified atom stereocenters. The summed E-state index contributed by atoms with van der Waals surface area (Å²) in [4.78, 5) is 2.44. The fraction of sp³-hybridized carbons (Fsp3) is 0.375. The fourth-order valence-electron chi connectivity index (χ4n) is 3.03. The lowest BCUT2D eigenvalue weighted by molar-refractivity contribution is 0.173. The van der Waals surface area contributed by atoms with Gasteiger partial charge in [-0.05, 0) is 29.8 Å². The molecular formula is C16H18N2O3. The number of nitrogens with one attached hydrogen (secondary N) is 1. The molecule has 110 valence electrons. The Labute approximate surface area is 123 Å². The molecule has 0 spiro atoms. The van der Waals surface area contributed by atoms with Gasteiger partial charge in [-0.25, -0.2) is 0 Å². The van der Waals surface area contributed by atoms with Crippen molar-refractivity contribution in [2.24, 2.45) is 0 Å². The van der Waals surface area contributed by atoms with Crippen LogP contribution in [0.4, 0.5) is 0 Å². The van der Waals surface area contributed by atoms with Crippen LogP contribution in [0.2, 0.25) is 0 Å². The standard InChI is InChI=1S/C16H18N2O3/c1-2-14(19-9-1)16(18-7-5-17-6-8-18)12-3-4-13-15(10-12)21-11-20-13/h1-4,9-10,16-17H,5-8,11H2. The Morgan fingerprint density at radius 2 is 1.90 bits per heavy atom. The van der Waals surface area contributed by atoms with Crippen molar-refractivity contribution in [2.45, 2.75) is 6.04 Å². The van der Waals surface area contributed by atoms with Crippen LogP contribution in [0, 0.1) is 0 Å². The van der Waals surface area contributed by atoms with E-state index in [4.69, 9.17) is 13.9 Å². The van der Waals surface area contributed by atoms with E-state index in [1.807, 2.05) is 18.2 Å². The van der Waals surface area contributed by atoms with Gasteiger partial charge in [0.05, 0.1) is 12.3 Å². The number of piperazine rings is 1. The van der Waals surface area contributed by atoms with Crippen molar-refractivity contribution in [3.8, 4) is 11.5 Å². The molecule has 5 heteroatoms. The summed E-state index contributed by atoms with van der Waals surface area (Å²) in [6, 6.07) is 10.3. The van der Waals surface area contributed by atoms with Gasteiger partial charge in [0.1, 0.15) is 5.76 Å². The molecule has 0 bridgehead atoms. The number of ether oxygens (including phenoxy) is 2. The van der Waals surface area contributed by atoms with E-state index in [-0.39, 0.29) is 6.04 Å². The van der Waals surface area contributed by atoms with Gasteiger partial charge in [0, 0.05) is 26.2 Å². The van der Waals surface area contributed by atoms with E-state index < -0.39 is 0 Å². The van der Waals surface area contributed by atoms with Crippen LogP contribution < -0.4 is 14.8 Å². The predicted octanol–water partition coefficient (Wildman–Crippen LogP) is 2.00. The van der Waals surface area contributed by atoms with Gasteiger partial charge in [-0.15, -0.1) is 0 Å². The molecule has 1 N–H and O–H groups in total. The van der Waals surface area contributed by atoms with E-state index in [9.17, 15) is 0 Å². The van der Waals surface area contributed by atoms with Crippen LogP contribution in [-0.2, 0) is 0 Å². The Morgan fingerprint density at radius 1 is 1.05 bits per heavy atom. The summed E-state index contributed by atoms with van der Waals surface area (Å²) in [5.74, 6) is 2.60. The van der Waals surface area contributed by atoms with Crippen LogP contribution in [-0.4, -0.2) is 37.9 Å². The second kappa shape index (κ2) is 5.42. The highest BCUT2D eigenvalue weighted by atomic mass is 16.7. The van der Waals surface area contributed by atoms with Crippen LogP contribution in [0.15, 0.2) is 41.0 Å². The van der Waals surface area contributed by atoms with Gasteiger partial charge in [0.2, 0.25) is 6.79 Å². The molecule has 2 aliphatic rings. The van der Waals surface area contributed by atoms with Crippen molar-refractivity contribution in [1.82, 2.24) is 10.2 Å². The molecule has 0 aliphatic carbocycles. The summed E-state index contributed by atoms with van der Waals surface area (Å²) in [6.07, 6.45) is 1.73. The normalized spacial score (nSPS) is 19.6. The van der Waals surface area contributed by atoms with Crippen molar-refractivity contribution >= 4 is 0 Å². The molecule has 1 fully saturated rings. The van der Waals surface area contributed by atoms with Crippen LogP contribution in [0.5, 0.6) is 11.5 Å². The summed E-state index contributed by atoms with van der Waals surface area (Å²) in [5.41, 5.74) is 1.18. The highest BCUT2D eigenvalue weighted by Crippen LogP contribution is 2.37. The lowest BCUT2D eigenvalue weighted by atomic mass is 10.0. The van der Waals surface area contributed by atoms with Crippen molar-refractivity contribution in [3.05, 3.63) is 47.9 Å². The number of hydrogen-bond acceptors (Lipinski definition) is 5. The molecule has 21 heavy (non-hydrogen) atoms. The largest absolute Gasteiger partial charge is 0.467 e. The third kappa shape index (κ3) is 2.39. The van der Waals surface area contributed by atoms with Crippen LogP contribution >= 0.6 is 0 Å². The van der Waals surface area contributed by atoms with E-state index in [0.29, 0.717) is 6.79 Å². The number of furan rings is 1. The molecule has 2 aliphatic heterocycles. The summed E-state index contributed by atoms with van der Waals surface area (Å²) < 4.78 is 16.6. The maximum absolute atomic E-state index is 5.69. The third-order valence-electron chi connectivity index (χ3n) is 4.04. The lowest BCUT2D eigenvalue weighted by Gasteiger charge is -2.34. The number of rotatable bonds is 3. The smallest absolute Gasteiger partial charge is 0.231 e. The SMILES string of the molecule is c1coc(C(c2ccc3c(c2)OCO3)N2CCNCC2)c1. The average Bonchev–Trinajstić information content (AvgIpc) is 3.19. The maximum atomic E-state index is 5.69.